The molecule has 0 aliphatic heterocycles. The fourth-order valence-electron chi connectivity index (χ4n) is 1.37. The van der Waals surface area contributed by atoms with Crippen molar-refractivity contribution in [3.63, 3.8) is 0 Å². The summed E-state index contributed by atoms with van der Waals surface area (Å²) in [6, 6.07) is 10.2. The molecule has 1 aromatic carbocycles. The van der Waals surface area contributed by atoms with Crippen LogP contribution in [-0.4, -0.2) is 29.3 Å². The number of benzene rings is 1. The van der Waals surface area contributed by atoms with Crippen molar-refractivity contribution in [1.29, 1.82) is 0 Å². The number of aromatic nitrogens is 1. The van der Waals surface area contributed by atoms with Gasteiger partial charge in [0.1, 0.15) is 11.5 Å². The number of rotatable bonds is 4. The molecule has 2 rings (SSSR count). The Hall–Kier alpha value is -2.05. The quantitative estimate of drug-likeness (QED) is 0.770. The van der Waals surface area contributed by atoms with E-state index >= 15 is 0 Å². The first kappa shape index (κ1) is 12.4. The molecule has 0 unspecified atom stereocenters. The zero-order valence-corrected chi connectivity index (χ0v) is 9.78. The third kappa shape index (κ3) is 3.00. The molecule has 0 spiro atoms. The highest BCUT2D eigenvalue weighted by Gasteiger charge is 2.11. The van der Waals surface area contributed by atoms with Crippen LogP contribution in [0, 0.1) is 0 Å². The van der Waals surface area contributed by atoms with Gasteiger partial charge in [0.15, 0.2) is 0 Å². The lowest BCUT2D eigenvalue weighted by Crippen LogP contribution is -2.29. The highest BCUT2D eigenvalue weighted by atomic mass is 16.5. The summed E-state index contributed by atoms with van der Waals surface area (Å²) in [5.41, 5.74) is 0.317. The average Bonchev–Trinajstić information content (AvgIpc) is 2.40. The van der Waals surface area contributed by atoms with Gasteiger partial charge in [0.05, 0.1) is 7.11 Å². The van der Waals surface area contributed by atoms with Gasteiger partial charge in [0.25, 0.3) is 0 Å². The van der Waals surface area contributed by atoms with Crippen LogP contribution < -0.4 is 14.9 Å². The highest BCUT2D eigenvalue weighted by molar-refractivity contribution is 6.58. The predicted molar refractivity (Wildman–Crippen MR) is 67.1 cm³/mol. The number of methoxy groups -OCH3 is 1. The standard InChI is InChI=1S/C12H12BNO4/c1-17-10-3-5-11(6-4-10)18-12-7-2-9(8-14-12)13(15)16/h2-8,15-16H,1H3. The van der Waals surface area contributed by atoms with Crippen LogP contribution in [0.2, 0.25) is 0 Å². The minimum atomic E-state index is -1.52. The van der Waals surface area contributed by atoms with Gasteiger partial charge in [-0.15, -0.1) is 0 Å². The summed E-state index contributed by atoms with van der Waals surface area (Å²) in [4.78, 5) is 3.96. The van der Waals surface area contributed by atoms with Crippen molar-refractivity contribution < 1.29 is 19.5 Å². The van der Waals surface area contributed by atoms with E-state index in [1.807, 2.05) is 0 Å². The first-order valence-corrected chi connectivity index (χ1v) is 5.33. The van der Waals surface area contributed by atoms with Crippen LogP contribution >= 0.6 is 0 Å². The molecule has 0 saturated heterocycles. The van der Waals surface area contributed by atoms with Gasteiger partial charge in [-0.2, -0.15) is 0 Å². The normalized spacial score (nSPS) is 9.94. The SMILES string of the molecule is COc1ccc(Oc2ccc(B(O)O)cn2)cc1. The molecule has 0 fully saturated rings. The lowest BCUT2D eigenvalue weighted by atomic mass is 9.82. The van der Waals surface area contributed by atoms with Crippen LogP contribution in [0.1, 0.15) is 0 Å². The summed E-state index contributed by atoms with van der Waals surface area (Å²) in [7, 11) is 0.0728. The number of nitrogens with zero attached hydrogens (tertiary/aromatic N) is 1. The van der Waals surface area contributed by atoms with Crippen molar-refractivity contribution in [2.45, 2.75) is 0 Å². The van der Waals surface area contributed by atoms with E-state index in [4.69, 9.17) is 19.5 Å². The maximum Gasteiger partial charge on any atom is 0.490 e. The monoisotopic (exact) mass is 245 g/mol. The average molecular weight is 245 g/mol. The van der Waals surface area contributed by atoms with Crippen molar-refractivity contribution >= 4 is 12.6 Å². The Labute approximate surface area is 105 Å². The maximum atomic E-state index is 8.92. The van der Waals surface area contributed by atoms with Crippen LogP contribution in [0.4, 0.5) is 0 Å². The molecule has 2 N–H and O–H groups in total. The Morgan fingerprint density at radius 3 is 2.17 bits per heavy atom. The van der Waals surface area contributed by atoms with Crippen LogP contribution in [0.25, 0.3) is 0 Å². The van der Waals surface area contributed by atoms with Gasteiger partial charge < -0.3 is 19.5 Å². The third-order valence-electron chi connectivity index (χ3n) is 2.34. The molecule has 0 aliphatic carbocycles. The zero-order valence-electron chi connectivity index (χ0n) is 9.78. The third-order valence-corrected chi connectivity index (χ3v) is 2.34. The number of hydrogen-bond donors (Lipinski definition) is 2. The summed E-state index contributed by atoms with van der Waals surface area (Å²) in [5, 5.41) is 17.8. The molecule has 1 aromatic heterocycles. The van der Waals surface area contributed by atoms with Crippen LogP contribution in [0.15, 0.2) is 42.6 Å². The fraction of sp³-hybridized carbons (Fsp3) is 0.0833. The van der Waals surface area contributed by atoms with Gasteiger partial charge in [-0.1, -0.05) is 6.07 Å². The second kappa shape index (κ2) is 5.53. The highest BCUT2D eigenvalue weighted by Crippen LogP contribution is 2.21. The van der Waals surface area contributed by atoms with E-state index in [2.05, 4.69) is 4.98 Å². The molecular formula is C12H12BNO4. The first-order valence-electron chi connectivity index (χ1n) is 5.33. The molecule has 0 radical (unpaired) electrons. The largest absolute Gasteiger partial charge is 0.497 e. The number of pyridine rings is 1. The Morgan fingerprint density at radius 1 is 1.00 bits per heavy atom. The van der Waals surface area contributed by atoms with E-state index in [1.54, 1.807) is 37.4 Å². The summed E-state index contributed by atoms with van der Waals surface area (Å²) < 4.78 is 10.5. The second-order valence-corrected chi connectivity index (χ2v) is 3.58. The Balaban J connectivity index is 2.08. The lowest BCUT2D eigenvalue weighted by molar-refractivity contribution is 0.412. The molecule has 0 atom stereocenters. The summed E-state index contributed by atoms with van der Waals surface area (Å²) in [6.45, 7) is 0. The molecule has 1 heterocycles. The smallest absolute Gasteiger partial charge is 0.490 e. The molecular weight excluding hydrogens is 233 g/mol. The Morgan fingerprint density at radius 2 is 1.67 bits per heavy atom. The van der Waals surface area contributed by atoms with Gasteiger partial charge in [-0.25, -0.2) is 4.98 Å². The summed E-state index contributed by atoms with van der Waals surface area (Å²) >= 11 is 0. The molecule has 18 heavy (non-hydrogen) atoms. The zero-order chi connectivity index (χ0) is 13.0. The molecule has 0 saturated carbocycles. The minimum absolute atomic E-state index is 0.317. The van der Waals surface area contributed by atoms with Crippen molar-refractivity contribution in [1.82, 2.24) is 4.98 Å². The second-order valence-electron chi connectivity index (χ2n) is 3.58. The van der Waals surface area contributed by atoms with E-state index in [9.17, 15) is 0 Å². The van der Waals surface area contributed by atoms with Gasteiger partial charge in [-0.05, 0) is 24.3 Å². The Kier molecular flexibility index (Phi) is 3.81. The van der Waals surface area contributed by atoms with Gasteiger partial charge in [0.2, 0.25) is 5.88 Å². The summed E-state index contributed by atoms with van der Waals surface area (Å²) in [5.74, 6) is 1.75. The maximum absolute atomic E-state index is 8.92. The summed E-state index contributed by atoms with van der Waals surface area (Å²) in [6.07, 6.45) is 1.35. The van der Waals surface area contributed by atoms with E-state index in [0.717, 1.165) is 5.75 Å². The molecule has 92 valence electrons. The Bertz CT molecular complexity index is 498. The molecule has 6 heteroatoms. The number of ether oxygens (including phenoxy) is 2. The predicted octanol–water partition coefficient (Wildman–Crippen LogP) is 0.562. The lowest BCUT2D eigenvalue weighted by Gasteiger charge is -2.06. The van der Waals surface area contributed by atoms with Crippen LogP contribution in [0.5, 0.6) is 17.4 Å². The first-order chi connectivity index (χ1) is 8.69. The van der Waals surface area contributed by atoms with Crippen LogP contribution in [0.3, 0.4) is 0 Å². The van der Waals surface area contributed by atoms with E-state index < -0.39 is 7.12 Å². The van der Waals surface area contributed by atoms with Gasteiger partial charge in [0, 0.05) is 17.7 Å². The minimum Gasteiger partial charge on any atom is -0.497 e. The van der Waals surface area contributed by atoms with E-state index in [1.165, 1.54) is 12.3 Å². The van der Waals surface area contributed by atoms with Crippen molar-refractivity contribution in [2.75, 3.05) is 7.11 Å². The van der Waals surface area contributed by atoms with E-state index in [-0.39, 0.29) is 0 Å². The number of hydrogen-bond acceptors (Lipinski definition) is 5. The van der Waals surface area contributed by atoms with Crippen LogP contribution in [-0.2, 0) is 0 Å². The van der Waals surface area contributed by atoms with Crippen molar-refractivity contribution in [2.24, 2.45) is 0 Å². The van der Waals surface area contributed by atoms with Crippen molar-refractivity contribution in [3.8, 4) is 17.4 Å². The molecule has 2 aromatic rings. The van der Waals surface area contributed by atoms with E-state index in [0.29, 0.717) is 17.1 Å². The van der Waals surface area contributed by atoms with Gasteiger partial charge in [-0.3, -0.25) is 0 Å². The molecule has 0 bridgehead atoms. The molecule has 0 aliphatic rings. The van der Waals surface area contributed by atoms with Crippen molar-refractivity contribution in [3.05, 3.63) is 42.6 Å². The van der Waals surface area contributed by atoms with Gasteiger partial charge >= 0.3 is 7.12 Å². The molecule has 5 nitrogen and oxygen atoms in total. The topological polar surface area (TPSA) is 71.8 Å². The molecule has 0 amide bonds. The fourth-order valence-corrected chi connectivity index (χ4v) is 1.37.